The zero-order valence-electron chi connectivity index (χ0n) is 9.70. The Bertz CT molecular complexity index is 480. The van der Waals surface area contributed by atoms with Crippen LogP contribution in [0.2, 0.25) is 0 Å². The lowest BCUT2D eigenvalue weighted by Crippen LogP contribution is -2.22. The van der Waals surface area contributed by atoms with Crippen LogP contribution in [0.4, 0.5) is 0 Å². The summed E-state index contributed by atoms with van der Waals surface area (Å²) < 4.78 is 4.36. The number of ether oxygens (including phenoxy) is 1. The van der Waals surface area contributed by atoms with Gasteiger partial charge in [-0.25, -0.2) is 0 Å². The molecule has 0 aliphatic heterocycles. The second-order valence-electron chi connectivity index (χ2n) is 3.68. The Labute approximate surface area is 104 Å². The second kappa shape index (κ2) is 6.00. The number of nitrogens with zero attached hydrogens (tertiary/aromatic N) is 1. The highest BCUT2D eigenvalue weighted by molar-refractivity contribution is 5.69. The lowest BCUT2D eigenvalue weighted by atomic mass is 9.99. The number of rotatable bonds is 4. The van der Waals surface area contributed by atoms with Gasteiger partial charge in [-0.1, -0.05) is 0 Å². The number of phenols is 1. The first-order valence-corrected chi connectivity index (χ1v) is 5.15. The molecule has 0 fully saturated rings. The molecular weight excluding hydrogens is 238 g/mol. The summed E-state index contributed by atoms with van der Waals surface area (Å²) in [5.74, 6) is -0.942. The molecular formula is C12H13NO5. The van der Waals surface area contributed by atoms with Crippen LogP contribution >= 0.6 is 0 Å². The number of phenolic OH excluding ortho intramolecular Hbond substituents is 1. The number of carbonyl (C=O) groups is 1. The molecule has 0 spiro atoms. The Morgan fingerprint density at radius 3 is 2.72 bits per heavy atom. The van der Waals surface area contributed by atoms with Crippen LogP contribution in [-0.4, -0.2) is 34.5 Å². The van der Waals surface area contributed by atoms with Crippen molar-refractivity contribution in [1.29, 1.82) is 5.26 Å². The lowest BCUT2D eigenvalue weighted by Gasteiger charge is -2.18. The summed E-state index contributed by atoms with van der Waals surface area (Å²) in [5, 5.41) is 37.7. The third-order valence-corrected chi connectivity index (χ3v) is 2.44. The minimum Gasteiger partial charge on any atom is -0.508 e. The number of benzene rings is 1. The van der Waals surface area contributed by atoms with E-state index in [1.54, 1.807) is 0 Å². The monoisotopic (exact) mass is 251 g/mol. The number of hydrogen-bond acceptors (Lipinski definition) is 6. The fourth-order valence-electron chi connectivity index (χ4n) is 1.43. The molecule has 3 N–H and O–H groups in total. The minimum absolute atomic E-state index is 0.00884. The van der Waals surface area contributed by atoms with Crippen LogP contribution in [-0.2, 0) is 9.53 Å². The van der Waals surface area contributed by atoms with Gasteiger partial charge in [0.1, 0.15) is 11.9 Å². The van der Waals surface area contributed by atoms with Gasteiger partial charge >= 0.3 is 5.97 Å². The molecule has 0 heterocycles. The van der Waals surface area contributed by atoms with Crippen molar-refractivity contribution in [2.45, 2.75) is 18.6 Å². The molecule has 96 valence electrons. The summed E-state index contributed by atoms with van der Waals surface area (Å²) in [6, 6.07) is 5.71. The Balaban J connectivity index is 2.92. The molecule has 2 unspecified atom stereocenters. The summed E-state index contributed by atoms with van der Waals surface area (Å²) in [7, 11) is 1.16. The molecule has 0 saturated heterocycles. The van der Waals surface area contributed by atoms with Gasteiger partial charge in [0, 0.05) is 5.56 Å². The molecule has 1 aromatic rings. The predicted molar refractivity (Wildman–Crippen MR) is 60.4 cm³/mol. The summed E-state index contributed by atoms with van der Waals surface area (Å²) >= 11 is 0. The Kier molecular flexibility index (Phi) is 4.66. The molecule has 1 aromatic carbocycles. The molecule has 1 rings (SSSR count). The van der Waals surface area contributed by atoms with Crippen molar-refractivity contribution in [3.63, 3.8) is 0 Å². The maximum atomic E-state index is 11.0. The number of aromatic hydroxyl groups is 1. The topological polar surface area (TPSA) is 111 Å². The van der Waals surface area contributed by atoms with Gasteiger partial charge in [0.05, 0.1) is 31.3 Å². The van der Waals surface area contributed by atoms with Crippen LogP contribution in [0.5, 0.6) is 5.75 Å². The van der Waals surface area contributed by atoms with Crippen molar-refractivity contribution in [1.82, 2.24) is 0 Å². The average molecular weight is 251 g/mol. The van der Waals surface area contributed by atoms with E-state index in [0.29, 0.717) is 0 Å². The van der Waals surface area contributed by atoms with Crippen LogP contribution < -0.4 is 0 Å². The van der Waals surface area contributed by atoms with Gasteiger partial charge in [-0.15, -0.1) is 0 Å². The van der Waals surface area contributed by atoms with Crippen LogP contribution in [0.3, 0.4) is 0 Å². The fraction of sp³-hybridized carbons (Fsp3) is 0.333. The Morgan fingerprint density at radius 1 is 1.50 bits per heavy atom. The normalized spacial score (nSPS) is 13.4. The second-order valence-corrected chi connectivity index (χ2v) is 3.68. The first-order valence-electron chi connectivity index (χ1n) is 5.15. The Morgan fingerprint density at radius 2 is 2.17 bits per heavy atom. The SMILES string of the molecule is COC(=O)CC(O)C(O)c1cc(C#N)ccc1O. The number of methoxy groups -OCH3 is 1. The molecule has 0 saturated carbocycles. The third kappa shape index (κ3) is 3.20. The highest BCUT2D eigenvalue weighted by Crippen LogP contribution is 2.28. The number of aliphatic hydroxyl groups excluding tert-OH is 2. The van der Waals surface area contributed by atoms with E-state index in [4.69, 9.17) is 5.26 Å². The van der Waals surface area contributed by atoms with Crippen molar-refractivity contribution in [2.75, 3.05) is 7.11 Å². The van der Waals surface area contributed by atoms with E-state index in [0.717, 1.165) is 7.11 Å². The number of nitriles is 1. The van der Waals surface area contributed by atoms with Crippen molar-refractivity contribution < 1.29 is 24.9 Å². The maximum Gasteiger partial charge on any atom is 0.308 e. The molecule has 0 amide bonds. The van der Waals surface area contributed by atoms with Gasteiger partial charge in [0.15, 0.2) is 0 Å². The zero-order valence-corrected chi connectivity index (χ0v) is 9.70. The minimum atomic E-state index is -1.47. The van der Waals surface area contributed by atoms with E-state index in [2.05, 4.69) is 4.74 Å². The van der Waals surface area contributed by atoms with Gasteiger partial charge in [-0.05, 0) is 18.2 Å². The molecule has 18 heavy (non-hydrogen) atoms. The molecule has 6 heteroatoms. The van der Waals surface area contributed by atoms with E-state index in [1.807, 2.05) is 6.07 Å². The summed E-state index contributed by atoms with van der Waals surface area (Å²) in [6.45, 7) is 0. The standard InChI is InChI=1S/C12H13NO5/c1-18-11(16)5-10(15)12(17)8-4-7(6-13)2-3-9(8)14/h2-4,10,12,14-15,17H,5H2,1H3. The van der Waals surface area contributed by atoms with Gasteiger partial charge in [0.2, 0.25) is 0 Å². The average Bonchev–Trinajstić information content (AvgIpc) is 2.38. The molecule has 0 bridgehead atoms. The molecule has 6 nitrogen and oxygen atoms in total. The van der Waals surface area contributed by atoms with Crippen molar-refractivity contribution in [3.8, 4) is 11.8 Å². The highest BCUT2D eigenvalue weighted by Gasteiger charge is 2.24. The number of hydrogen-bond donors (Lipinski definition) is 3. The van der Waals surface area contributed by atoms with Gasteiger partial charge < -0.3 is 20.1 Å². The zero-order chi connectivity index (χ0) is 13.7. The first kappa shape index (κ1) is 14.0. The quantitative estimate of drug-likeness (QED) is 0.660. The van der Waals surface area contributed by atoms with Crippen LogP contribution in [0.1, 0.15) is 23.7 Å². The van der Waals surface area contributed by atoms with Gasteiger partial charge in [0.25, 0.3) is 0 Å². The summed E-state index contributed by atoms with van der Waals surface area (Å²) in [5.41, 5.74) is 0.220. The first-order chi connectivity index (χ1) is 8.49. The fourth-order valence-corrected chi connectivity index (χ4v) is 1.43. The molecule has 0 aliphatic carbocycles. The van der Waals surface area contributed by atoms with Gasteiger partial charge in [-0.2, -0.15) is 5.26 Å². The molecule has 0 radical (unpaired) electrons. The third-order valence-electron chi connectivity index (χ3n) is 2.44. The van der Waals surface area contributed by atoms with E-state index in [-0.39, 0.29) is 16.9 Å². The van der Waals surface area contributed by atoms with Crippen molar-refractivity contribution >= 4 is 5.97 Å². The lowest BCUT2D eigenvalue weighted by molar-refractivity contribution is -0.144. The van der Waals surface area contributed by atoms with Crippen LogP contribution in [0.15, 0.2) is 18.2 Å². The van der Waals surface area contributed by atoms with E-state index < -0.39 is 24.6 Å². The van der Waals surface area contributed by atoms with E-state index >= 15 is 0 Å². The predicted octanol–water partition coefficient (Wildman–Crippen LogP) is 0.221. The number of aliphatic hydroxyl groups is 2. The van der Waals surface area contributed by atoms with Crippen LogP contribution in [0.25, 0.3) is 0 Å². The maximum absolute atomic E-state index is 11.0. The van der Waals surface area contributed by atoms with Crippen LogP contribution in [0, 0.1) is 11.3 Å². The smallest absolute Gasteiger partial charge is 0.308 e. The molecule has 2 atom stereocenters. The van der Waals surface area contributed by atoms with Crippen molar-refractivity contribution in [3.05, 3.63) is 29.3 Å². The number of esters is 1. The summed E-state index contributed by atoms with van der Waals surface area (Å²) in [6.07, 6.45) is -3.30. The largest absolute Gasteiger partial charge is 0.508 e. The molecule has 0 aromatic heterocycles. The van der Waals surface area contributed by atoms with Gasteiger partial charge in [-0.3, -0.25) is 4.79 Å². The van der Waals surface area contributed by atoms with E-state index in [1.165, 1.54) is 18.2 Å². The van der Waals surface area contributed by atoms with E-state index in [9.17, 15) is 20.1 Å². The molecule has 0 aliphatic rings. The Hall–Kier alpha value is -2.10. The van der Waals surface area contributed by atoms with Crippen molar-refractivity contribution in [2.24, 2.45) is 0 Å². The number of carbonyl (C=O) groups excluding carboxylic acids is 1. The summed E-state index contributed by atoms with van der Waals surface area (Å²) in [4.78, 5) is 11.0. The highest BCUT2D eigenvalue weighted by atomic mass is 16.5.